The van der Waals surface area contributed by atoms with Gasteiger partial charge in [0.15, 0.2) is 0 Å². The Morgan fingerprint density at radius 1 is 1.07 bits per heavy atom. The summed E-state index contributed by atoms with van der Waals surface area (Å²) in [5, 5.41) is 3.13. The predicted molar refractivity (Wildman–Crippen MR) is 108 cm³/mol. The number of hydrogen-bond donors (Lipinski definition) is 1. The van der Waals surface area contributed by atoms with Crippen LogP contribution >= 0.6 is 0 Å². The van der Waals surface area contributed by atoms with E-state index >= 15 is 0 Å². The van der Waals surface area contributed by atoms with Crippen molar-refractivity contribution in [3.05, 3.63) is 65.7 Å². The first-order valence-corrected chi connectivity index (χ1v) is 9.54. The van der Waals surface area contributed by atoms with Gasteiger partial charge in [-0.15, -0.1) is 0 Å². The highest BCUT2D eigenvalue weighted by molar-refractivity contribution is 5.94. The molecule has 1 aliphatic rings. The van der Waals surface area contributed by atoms with E-state index in [-0.39, 0.29) is 11.9 Å². The molecule has 1 N–H and O–H groups in total. The van der Waals surface area contributed by atoms with Gasteiger partial charge in [-0.25, -0.2) is 0 Å². The Kier molecular flexibility index (Phi) is 6.85. The van der Waals surface area contributed by atoms with E-state index in [0.717, 1.165) is 32.6 Å². The monoisotopic (exact) mass is 367 g/mol. The molecular formula is C22H29N3O2. The zero-order chi connectivity index (χ0) is 19.1. The molecule has 1 unspecified atom stereocenters. The van der Waals surface area contributed by atoms with Crippen molar-refractivity contribution in [3.63, 3.8) is 0 Å². The highest BCUT2D eigenvalue weighted by Crippen LogP contribution is 2.14. The Hall–Kier alpha value is -2.37. The molecule has 0 aliphatic carbocycles. The summed E-state index contributed by atoms with van der Waals surface area (Å²) in [6, 6.07) is 18.1. The molecule has 0 radical (unpaired) electrons. The number of rotatable bonds is 7. The minimum Gasteiger partial charge on any atom is -0.497 e. The molecule has 0 bridgehead atoms. The van der Waals surface area contributed by atoms with Gasteiger partial charge in [0.2, 0.25) is 0 Å². The van der Waals surface area contributed by atoms with E-state index in [1.165, 1.54) is 5.56 Å². The van der Waals surface area contributed by atoms with E-state index in [4.69, 9.17) is 4.74 Å². The van der Waals surface area contributed by atoms with Crippen molar-refractivity contribution in [1.82, 2.24) is 15.1 Å². The van der Waals surface area contributed by atoms with Gasteiger partial charge >= 0.3 is 0 Å². The van der Waals surface area contributed by atoms with E-state index in [0.29, 0.717) is 17.9 Å². The third kappa shape index (κ3) is 5.55. The van der Waals surface area contributed by atoms with Gasteiger partial charge in [0.1, 0.15) is 5.75 Å². The summed E-state index contributed by atoms with van der Waals surface area (Å²) in [7, 11) is 3.77. The second-order valence-electron chi connectivity index (χ2n) is 7.12. The van der Waals surface area contributed by atoms with Gasteiger partial charge in [-0.3, -0.25) is 9.69 Å². The van der Waals surface area contributed by atoms with Gasteiger partial charge in [0.05, 0.1) is 7.11 Å². The van der Waals surface area contributed by atoms with E-state index < -0.39 is 0 Å². The van der Waals surface area contributed by atoms with Crippen LogP contribution in [0.15, 0.2) is 54.6 Å². The first-order chi connectivity index (χ1) is 13.2. The lowest BCUT2D eigenvalue weighted by Gasteiger charge is -2.38. The van der Waals surface area contributed by atoms with Gasteiger partial charge in [-0.05, 0) is 37.2 Å². The van der Waals surface area contributed by atoms with Crippen molar-refractivity contribution in [3.8, 4) is 5.75 Å². The van der Waals surface area contributed by atoms with Crippen molar-refractivity contribution < 1.29 is 9.53 Å². The Morgan fingerprint density at radius 2 is 1.81 bits per heavy atom. The molecule has 5 nitrogen and oxygen atoms in total. The summed E-state index contributed by atoms with van der Waals surface area (Å²) < 4.78 is 5.22. The minimum atomic E-state index is -0.0545. The summed E-state index contributed by atoms with van der Waals surface area (Å²) in [6.45, 7) is 4.82. The molecule has 0 aromatic heterocycles. The molecule has 1 aliphatic heterocycles. The highest BCUT2D eigenvalue weighted by atomic mass is 16.5. The lowest BCUT2D eigenvalue weighted by molar-refractivity contribution is 0.0885. The van der Waals surface area contributed by atoms with Crippen molar-refractivity contribution >= 4 is 5.91 Å². The number of nitrogens with one attached hydrogen (secondary N) is 1. The van der Waals surface area contributed by atoms with E-state index in [2.05, 4.69) is 46.4 Å². The van der Waals surface area contributed by atoms with Crippen molar-refractivity contribution in [2.24, 2.45) is 0 Å². The Balaban J connectivity index is 1.65. The maximum absolute atomic E-state index is 12.6. The van der Waals surface area contributed by atoms with Crippen LogP contribution in [0.4, 0.5) is 0 Å². The Labute approximate surface area is 161 Å². The normalized spacial score (nSPS) is 16.7. The van der Waals surface area contributed by atoms with Crippen LogP contribution in [0.1, 0.15) is 15.9 Å². The predicted octanol–water partition coefficient (Wildman–Crippen LogP) is 2.28. The van der Waals surface area contributed by atoms with E-state index in [1.807, 2.05) is 24.3 Å². The molecular weight excluding hydrogens is 338 g/mol. The van der Waals surface area contributed by atoms with Crippen LogP contribution in [-0.4, -0.2) is 68.6 Å². The lowest BCUT2D eigenvalue weighted by Crippen LogP contribution is -2.53. The molecule has 2 aromatic carbocycles. The quantitative estimate of drug-likeness (QED) is 0.816. The number of carbonyl (C=O) groups is 1. The summed E-state index contributed by atoms with van der Waals surface area (Å²) in [4.78, 5) is 17.5. The number of likely N-dealkylation sites (N-methyl/N-ethyl adjacent to an activating group) is 1. The lowest BCUT2D eigenvalue weighted by atomic mass is 10.0. The van der Waals surface area contributed by atoms with Gasteiger partial charge in [0.25, 0.3) is 5.91 Å². The second kappa shape index (κ2) is 9.53. The maximum Gasteiger partial charge on any atom is 0.251 e. The van der Waals surface area contributed by atoms with Crippen LogP contribution in [0, 0.1) is 0 Å². The SMILES string of the molecule is COc1cccc(C(=O)NCC(Cc2ccccc2)N2CCN(C)CC2)c1. The molecule has 1 saturated heterocycles. The second-order valence-corrected chi connectivity index (χ2v) is 7.12. The maximum atomic E-state index is 12.6. The summed E-state index contributed by atoms with van der Waals surface area (Å²) >= 11 is 0. The minimum absolute atomic E-state index is 0.0545. The fourth-order valence-electron chi connectivity index (χ4n) is 3.48. The molecule has 1 amide bonds. The average molecular weight is 367 g/mol. The first kappa shape index (κ1) is 19.4. The molecule has 0 spiro atoms. The van der Waals surface area contributed by atoms with Crippen LogP contribution < -0.4 is 10.1 Å². The summed E-state index contributed by atoms with van der Waals surface area (Å²) in [6.07, 6.45) is 0.933. The van der Waals surface area contributed by atoms with Crippen LogP contribution in [0.2, 0.25) is 0 Å². The number of methoxy groups -OCH3 is 1. The number of piperazine rings is 1. The van der Waals surface area contributed by atoms with Crippen molar-refractivity contribution in [1.29, 1.82) is 0 Å². The highest BCUT2D eigenvalue weighted by Gasteiger charge is 2.23. The van der Waals surface area contributed by atoms with Crippen molar-refractivity contribution in [2.75, 3.05) is 46.9 Å². The van der Waals surface area contributed by atoms with Crippen LogP contribution in [-0.2, 0) is 6.42 Å². The van der Waals surface area contributed by atoms with Gasteiger partial charge in [0, 0.05) is 44.3 Å². The van der Waals surface area contributed by atoms with Gasteiger partial charge in [-0.2, -0.15) is 0 Å². The molecule has 1 fully saturated rings. The molecule has 27 heavy (non-hydrogen) atoms. The molecule has 2 aromatic rings. The summed E-state index contributed by atoms with van der Waals surface area (Å²) in [5.41, 5.74) is 1.93. The number of amides is 1. The zero-order valence-corrected chi connectivity index (χ0v) is 16.2. The number of carbonyl (C=O) groups excluding carboxylic acids is 1. The number of benzene rings is 2. The van der Waals surface area contributed by atoms with Gasteiger partial charge < -0.3 is 15.0 Å². The molecule has 144 valence electrons. The van der Waals surface area contributed by atoms with Crippen LogP contribution in [0.5, 0.6) is 5.75 Å². The number of ether oxygens (including phenoxy) is 1. The van der Waals surface area contributed by atoms with Gasteiger partial charge in [-0.1, -0.05) is 36.4 Å². The van der Waals surface area contributed by atoms with Crippen molar-refractivity contribution in [2.45, 2.75) is 12.5 Å². The van der Waals surface area contributed by atoms with E-state index in [9.17, 15) is 4.79 Å². The molecule has 1 heterocycles. The largest absolute Gasteiger partial charge is 0.497 e. The standard InChI is InChI=1S/C22H29N3O2/c1-24-11-13-25(14-12-24)20(15-18-7-4-3-5-8-18)17-23-22(26)19-9-6-10-21(16-19)27-2/h3-10,16,20H,11-15,17H2,1-2H3,(H,23,26). The topological polar surface area (TPSA) is 44.8 Å². The fraction of sp³-hybridized carbons (Fsp3) is 0.409. The molecule has 0 saturated carbocycles. The smallest absolute Gasteiger partial charge is 0.251 e. The average Bonchev–Trinajstić information content (AvgIpc) is 2.72. The molecule has 5 heteroatoms. The van der Waals surface area contributed by atoms with Crippen LogP contribution in [0.3, 0.4) is 0 Å². The zero-order valence-electron chi connectivity index (χ0n) is 16.2. The third-order valence-corrected chi connectivity index (χ3v) is 5.20. The molecule has 1 atom stereocenters. The number of nitrogens with zero attached hydrogens (tertiary/aromatic N) is 2. The van der Waals surface area contributed by atoms with Crippen LogP contribution in [0.25, 0.3) is 0 Å². The first-order valence-electron chi connectivity index (χ1n) is 9.54. The van der Waals surface area contributed by atoms with E-state index in [1.54, 1.807) is 13.2 Å². The Bertz CT molecular complexity index is 727. The molecule has 3 rings (SSSR count). The summed E-state index contributed by atoms with van der Waals surface area (Å²) in [5.74, 6) is 0.642. The number of hydrogen-bond acceptors (Lipinski definition) is 4. The third-order valence-electron chi connectivity index (χ3n) is 5.20. The fourth-order valence-corrected chi connectivity index (χ4v) is 3.48. The Morgan fingerprint density at radius 3 is 2.52 bits per heavy atom.